The number of hydrogen-bond acceptors (Lipinski definition) is 4. The molecule has 0 aliphatic heterocycles. The molecule has 0 aliphatic carbocycles. The average Bonchev–Trinajstić information content (AvgIpc) is 2.74. The normalized spacial score (nSPS) is 12.1. The zero-order chi connectivity index (χ0) is 14.3. The highest BCUT2D eigenvalue weighted by Gasteiger charge is 2.17. The van der Waals surface area contributed by atoms with Gasteiger partial charge in [-0.25, -0.2) is 0 Å². The fourth-order valence-electron chi connectivity index (χ4n) is 1.76. The predicted octanol–water partition coefficient (Wildman–Crippen LogP) is 1.74. The molecule has 1 aromatic rings. The first-order valence-corrected chi connectivity index (χ1v) is 6.76. The SMILES string of the molecule is COCCNCc1cnn(CCC(C)(C)OC)c1C. The molecule has 0 radical (unpaired) electrons. The average molecular weight is 269 g/mol. The highest BCUT2D eigenvalue weighted by atomic mass is 16.5. The van der Waals surface area contributed by atoms with Gasteiger partial charge in [-0.05, 0) is 27.2 Å². The molecule has 5 nitrogen and oxygen atoms in total. The van der Waals surface area contributed by atoms with Crippen LogP contribution in [0.4, 0.5) is 0 Å². The summed E-state index contributed by atoms with van der Waals surface area (Å²) in [5.74, 6) is 0. The maximum absolute atomic E-state index is 5.43. The van der Waals surface area contributed by atoms with E-state index >= 15 is 0 Å². The largest absolute Gasteiger partial charge is 0.383 e. The molecule has 0 unspecified atom stereocenters. The minimum absolute atomic E-state index is 0.102. The van der Waals surface area contributed by atoms with E-state index in [-0.39, 0.29) is 5.60 Å². The van der Waals surface area contributed by atoms with Crippen LogP contribution in [0.1, 0.15) is 31.5 Å². The maximum Gasteiger partial charge on any atom is 0.0640 e. The lowest BCUT2D eigenvalue weighted by Crippen LogP contribution is -2.25. The van der Waals surface area contributed by atoms with Crippen molar-refractivity contribution in [2.24, 2.45) is 0 Å². The van der Waals surface area contributed by atoms with Gasteiger partial charge in [0.05, 0.1) is 18.4 Å². The second-order valence-corrected chi connectivity index (χ2v) is 5.36. The van der Waals surface area contributed by atoms with Gasteiger partial charge in [0.1, 0.15) is 0 Å². The van der Waals surface area contributed by atoms with Crippen LogP contribution in [0.25, 0.3) is 0 Å². The Hall–Kier alpha value is -0.910. The molecular formula is C14H27N3O2. The molecule has 0 aromatic carbocycles. The van der Waals surface area contributed by atoms with Crippen LogP contribution in [-0.2, 0) is 22.6 Å². The Morgan fingerprint density at radius 2 is 2.11 bits per heavy atom. The summed E-state index contributed by atoms with van der Waals surface area (Å²) in [7, 11) is 3.46. The van der Waals surface area contributed by atoms with E-state index < -0.39 is 0 Å². The van der Waals surface area contributed by atoms with Gasteiger partial charge in [0.15, 0.2) is 0 Å². The Kier molecular flexibility index (Phi) is 6.48. The maximum atomic E-state index is 5.43. The quantitative estimate of drug-likeness (QED) is 0.694. The molecule has 110 valence electrons. The molecule has 1 rings (SSSR count). The number of aryl methyl sites for hydroxylation is 1. The molecule has 0 atom stereocenters. The first-order chi connectivity index (χ1) is 9.00. The molecule has 0 saturated carbocycles. The summed E-state index contributed by atoms with van der Waals surface area (Å²) >= 11 is 0. The Labute approximate surface area is 116 Å². The van der Waals surface area contributed by atoms with Gasteiger partial charge in [0, 0.05) is 45.1 Å². The van der Waals surface area contributed by atoms with Crippen molar-refractivity contribution in [3.8, 4) is 0 Å². The van der Waals surface area contributed by atoms with E-state index in [1.807, 2.05) is 10.9 Å². The van der Waals surface area contributed by atoms with Crippen LogP contribution in [0.15, 0.2) is 6.20 Å². The molecule has 0 bridgehead atoms. The second kappa shape index (κ2) is 7.62. The molecule has 0 aliphatic rings. The zero-order valence-electron chi connectivity index (χ0n) is 12.8. The second-order valence-electron chi connectivity index (χ2n) is 5.36. The van der Waals surface area contributed by atoms with Crippen molar-refractivity contribution in [3.63, 3.8) is 0 Å². The molecular weight excluding hydrogens is 242 g/mol. The first kappa shape index (κ1) is 16.1. The van der Waals surface area contributed by atoms with Crippen LogP contribution in [0, 0.1) is 6.92 Å². The third kappa shape index (κ3) is 5.30. The predicted molar refractivity (Wildman–Crippen MR) is 76.3 cm³/mol. The van der Waals surface area contributed by atoms with E-state index in [9.17, 15) is 0 Å². The minimum Gasteiger partial charge on any atom is -0.383 e. The summed E-state index contributed by atoms with van der Waals surface area (Å²) in [5, 5.41) is 7.78. The van der Waals surface area contributed by atoms with Crippen molar-refractivity contribution in [2.75, 3.05) is 27.4 Å². The fraction of sp³-hybridized carbons (Fsp3) is 0.786. The van der Waals surface area contributed by atoms with E-state index in [1.54, 1.807) is 14.2 Å². The van der Waals surface area contributed by atoms with E-state index in [2.05, 4.69) is 31.2 Å². The monoisotopic (exact) mass is 269 g/mol. The van der Waals surface area contributed by atoms with Crippen LogP contribution < -0.4 is 5.32 Å². The van der Waals surface area contributed by atoms with E-state index in [0.29, 0.717) is 0 Å². The molecule has 1 aromatic heterocycles. The summed E-state index contributed by atoms with van der Waals surface area (Å²) in [4.78, 5) is 0. The zero-order valence-corrected chi connectivity index (χ0v) is 12.8. The van der Waals surface area contributed by atoms with Crippen LogP contribution in [0.3, 0.4) is 0 Å². The lowest BCUT2D eigenvalue weighted by atomic mass is 10.1. The van der Waals surface area contributed by atoms with Crippen molar-refractivity contribution in [1.29, 1.82) is 0 Å². The lowest BCUT2D eigenvalue weighted by molar-refractivity contribution is 0.0112. The minimum atomic E-state index is -0.102. The van der Waals surface area contributed by atoms with E-state index in [4.69, 9.17) is 9.47 Å². The number of hydrogen-bond donors (Lipinski definition) is 1. The summed E-state index contributed by atoms with van der Waals surface area (Å²) in [6.07, 6.45) is 2.89. The molecule has 5 heteroatoms. The Balaban J connectivity index is 2.46. The van der Waals surface area contributed by atoms with Gasteiger partial charge < -0.3 is 14.8 Å². The van der Waals surface area contributed by atoms with Crippen LogP contribution in [0.2, 0.25) is 0 Å². The van der Waals surface area contributed by atoms with Crippen LogP contribution >= 0.6 is 0 Å². The van der Waals surface area contributed by atoms with E-state index in [1.165, 1.54) is 11.3 Å². The van der Waals surface area contributed by atoms with Gasteiger partial charge in [-0.3, -0.25) is 4.68 Å². The van der Waals surface area contributed by atoms with E-state index in [0.717, 1.165) is 32.7 Å². The fourth-order valence-corrected chi connectivity index (χ4v) is 1.76. The molecule has 1 N–H and O–H groups in total. The van der Waals surface area contributed by atoms with Crippen molar-refractivity contribution in [2.45, 2.75) is 45.9 Å². The molecule has 1 heterocycles. The van der Waals surface area contributed by atoms with Gasteiger partial charge in [0.2, 0.25) is 0 Å². The number of ether oxygens (including phenoxy) is 2. The van der Waals surface area contributed by atoms with Gasteiger partial charge in [-0.1, -0.05) is 0 Å². The third-order valence-corrected chi connectivity index (χ3v) is 3.48. The molecule has 0 fully saturated rings. The molecule has 0 spiro atoms. The van der Waals surface area contributed by atoms with Crippen LogP contribution in [0.5, 0.6) is 0 Å². The number of nitrogens with zero attached hydrogens (tertiary/aromatic N) is 2. The van der Waals surface area contributed by atoms with Gasteiger partial charge in [-0.2, -0.15) is 5.10 Å². The highest BCUT2D eigenvalue weighted by molar-refractivity contribution is 5.15. The summed E-state index contributed by atoms with van der Waals surface area (Å²) in [6, 6.07) is 0. The summed E-state index contributed by atoms with van der Waals surface area (Å²) in [5.41, 5.74) is 2.36. The summed E-state index contributed by atoms with van der Waals surface area (Å²) < 4.78 is 12.5. The molecule has 19 heavy (non-hydrogen) atoms. The molecule has 0 saturated heterocycles. The highest BCUT2D eigenvalue weighted by Crippen LogP contribution is 2.15. The Morgan fingerprint density at radius 3 is 2.74 bits per heavy atom. The van der Waals surface area contributed by atoms with Crippen molar-refractivity contribution < 1.29 is 9.47 Å². The lowest BCUT2D eigenvalue weighted by Gasteiger charge is -2.22. The standard InChI is InChI=1S/C14H27N3O2/c1-12-13(10-15-7-9-18-4)11-16-17(12)8-6-14(2,3)19-5/h11,15H,6-10H2,1-5H3. The number of nitrogens with one attached hydrogen (secondary N) is 1. The number of aromatic nitrogens is 2. The number of methoxy groups -OCH3 is 2. The first-order valence-electron chi connectivity index (χ1n) is 6.76. The Morgan fingerprint density at radius 1 is 1.37 bits per heavy atom. The van der Waals surface area contributed by atoms with Gasteiger partial charge in [-0.15, -0.1) is 0 Å². The topological polar surface area (TPSA) is 48.3 Å². The third-order valence-electron chi connectivity index (χ3n) is 3.48. The van der Waals surface area contributed by atoms with Gasteiger partial charge in [0.25, 0.3) is 0 Å². The van der Waals surface area contributed by atoms with Gasteiger partial charge >= 0.3 is 0 Å². The van der Waals surface area contributed by atoms with Crippen LogP contribution in [-0.4, -0.2) is 42.8 Å². The van der Waals surface area contributed by atoms with Crippen molar-refractivity contribution >= 4 is 0 Å². The Bertz CT molecular complexity index is 375. The van der Waals surface area contributed by atoms with Crippen molar-refractivity contribution in [3.05, 3.63) is 17.5 Å². The summed E-state index contributed by atoms with van der Waals surface area (Å²) in [6.45, 7) is 9.61. The molecule has 0 amide bonds. The smallest absolute Gasteiger partial charge is 0.0640 e. The number of rotatable bonds is 9. The van der Waals surface area contributed by atoms with Crippen molar-refractivity contribution in [1.82, 2.24) is 15.1 Å².